The summed E-state index contributed by atoms with van der Waals surface area (Å²) >= 11 is 3.24. The van der Waals surface area contributed by atoms with Crippen LogP contribution in [0.15, 0.2) is 70.4 Å². The molecule has 0 saturated heterocycles. The summed E-state index contributed by atoms with van der Waals surface area (Å²) in [6.07, 6.45) is 2.05. The number of nitrogens with zero attached hydrogens (tertiary/aromatic N) is 1. The molecule has 26 heavy (non-hydrogen) atoms. The molecule has 4 nitrogen and oxygen atoms in total. The third-order valence-corrected chi connectivity index (χ3v) is 5.84. The number of benzene rings is 2. The van der Waals surface area contributed by atoms with Gasteiger partial charge in [0.05, 0.1) is 11.9 Å². The molecule has 0 amide bonds. The average molecular weight is 380 g/mol. The molecule has 0 radical (unpaired) electrons. The van der Waals surface area contributed by atoms with Crippen LogP contribution in [0.5, 0.6) is 0 Å². The first-order valence-electron chi connectivity index (χ1n) is 8.19. The molecule has 0 atom stereocenters. The van der Waals surface area contributed by atoms with Gasteiger partial charge in [-0.05, 0) is 36.1 Å². The molecule has 4 aromatic rings. The lowest BCUT2D eigenvalue weighted by atomic mass is 10.2. The molecular weight excluding hydrogens is 362 g/mol. The van der Waals surface area contributed by atoms with Crippen molar-refractivity contribution in [3.05, 3.63) is 76.8 Å². The zero-order valence-electron chi connectivity index (χ0n) is 14.2. The minimum absolute atomic E-state index is 0.0944. The van der Waals surface area contributed by atoms with Gasteiger partial charge in [0.15, 0.2) is 0 Å². The van der Waals surface area contributed by atoms with E-state index in [0.29, 0.717) is 17.8 Å². The van der Waals surface area contributed by atoms with E-state index < -0.39 is 0 Å². The van der Waals surface area contributed by atoms with Gasteiger partial charge in [-0.25, -0.2) is 4.98 Å². The van der Waals surface area contributed by atoms with Crippen LogP contribution in [0.1, 0.15) is 5.82 Å². The summed E-state index contributed by atoms with van der Waals surface area (Å²) in [6.45, 7) is 0.474. The molecule has 0 fully saturated rings. The third-order valence-electron chi connectivity index (χ3n) is 4.04. The molecule has 4 rings (SSSR count). The number of aromatic nitrogens is 2. The second-order valence-electron chi connectivity index (χ2n) is 5.79. The maximum atomic E-state index is 12.4. The van der Waals surface area contributed by atoms with Crippen LogP contribution in [0.4, 0.5) is 5.69 Å². The molecule has 0 unspecified atom stereocenters. The Labute approximate surface area is 159 Å². The quantitative estimate of drug-likeness (QED) is 0.480. The highest BCUT2D eigenvalue weighted by atomic mass is 32.2. The van der Waals surface area contributed by atoms with E-state index in [1.54, 1.807) is 23.1 Å². The molecule has 0 aliphatic rings. The van der Waals surface area contributed by atoms with E-state index in [2.05, 4.69) is 27.4 Å². The topological polar surface area (TPSA) is 57.8 Å². The summed E-state index contributed by atoms with van der Waals surface area (Å²) < 4.78 is 0. The number of anilines is 1. The molecule has 0 spiro atoms. The minimum Gasteiger partial charge on any atom is -0.378 e. The first kappa shape index (κ1) is 16.9. The van der Waals surface area contributed by atoms with Crippen LogP contribution in [0.25, 0.3) is 20.7 Å². The summed E-state index contributed by atoms with van der Waals surface area (Å²) in [5.41, 5.74) is 2.02. The van der Waals surface area contributed by atoms with E-state index in [0.717, 1.165) is 21.0 Å². The van der Waals surface area contributed by atoms with Gasteiger partial charge in [-0.3, -0.25) is 4.79 Å². The predicted octanol–water partition coefficient (Wildman–Crippen LogP) is 4.99. The molecular formula is C20H17N3OS2. The van der Waals surface area contributed by atoms with Crippen LogP contribution < -0.4 is 10.9 Å². The van der Waals surface area contributed by atoms with Gasteiger partial charge in [0.1, 0.15) is 10.7 Å². The molecule has 2 aromatic heterocycles. The number of fused-ring (bicyclic) bond motifs is 1. The van der Waals surface area contributed by atoms with Gasteiger partial charge in [-0.2, -0.15) is 0 Å². The molecule has 2 heterocycles. The Bertz CT molecular complexity index is 1100. The summed E-state index contributed by atoms with van der Waals surface area (Å²) in [7, 11) is 0. The highest BCUT2D eigenvalue weighted by Crippen LogP contribution is 2.30. The van der Waals surface area contributed by atoms with Crippen molar-refractivity contribution in [1.82, 2.24) is 9.97 Å². The fourth-order valence-corrected chi connectivity index (χ4v) is 4.24. The van der Waals surface area contributed by atoms with Gasteiger partial charge < -0.3 is 10.3 Å². The molecule has 130 valence electrons. The van der Waals surface area contributed by atoms with Gasteiger partial charge in [0, 0.05) is 15.5 Å². The fourth-order valence-electron chi connectivity index (χ4n) is 2.72. The monoisotopic (exact) mass is 379 g/mol. The lowest BCUT2D eigenvalue weighted by Crippen LogP contribution is -2.13. The summed E-state index contributed by atoms with van der Waals surface area (Å²) in [6, 6.07) is 20.1. The van der Waals surface area contributed by atoms with E-state index >= 15 is 0 Å². The normalized spacial score (nSPS) is 11.0. The molecule has 2 aromatic carbocycles. The predicted molar refractivity (Wildman–Crippen MR) is 111 cm³/mol. The summed E-state index contributed by atoms with van der Waals surface area (Å²) in [5, 5.41) is 3.97. The second kappa shape index (κ2) is 7.35. The first-order chi connectivity index (χ1) is 12.7. The maximum Gasteiger partial charge on any atom is 0.259 e. The van der Waals surface area contributed by atoms with Crippen molar-refractivity contribution >= 4 is 39.0 Å². The Balaban J connectivity index is 1.61. The van der Waals surface area contributed by atoms with Crippen LogP contribution in [0, 0.1) is 0 Å². The van der Waals surface area contributed by atoms with E-state index in [4.69, 9.17) is 0 Å². The van der Waals surface area contributed by atoms with Crippen LogP contribution >= 0.6 is 23.1 Å². The van der Waals surface area contributed by atoms with Crippen molar-refractivity contribution in [2.75, 3.05) is 11.6 Å². The number of hydrogen-bond donors (Lipinski definition) is 2. The zero-order valence-corrected chi connectivity index (χ0v) is 15.8. The van der Waals surface area contributed by atoms with Crippen molar-refractivity contribution < 1.29 is 0 Å². The highest BCUT2D eigenvalue weighted by Gasteiger charge is 2.10. The van der Waals surface area contributed by atoms with E-state index in [-0.39, 0.29) is 5.56 Å². The van der Waals surface area contributed by atoms with Gasteiger partial charge in [0.2, 0.25) is 0 Å². The molecule has 0 aliphatic heterocycles. The first-order valence-corrected chi connectivity index (χ1v) is 10.2. The van der Waals surface area contributed by atoms with Gasteiger partial charge >= 0.3 is 0 Å². The third kappa shape index (κ3) is 3.52. The van der Waals surface area contributed by atoms with Crippen molar-refractivity contribution in [2.24, 2.45) is 0 Å². The van der Waals surface area contributed by atoms with Crippen LogP contribution in [-0.2, 0) is 6.54 Å². The minimum atomic E-state index is -0.0944. The zero-order chi connectivity index (χ0) is 17.9. The van der Waals surface area contributed by atoms with Gasteiger partial charge in [-0.15, -0.1) is 23.1 Å². The summed E-state index contributed by atoms with van der Waals surface area (Å²) in [5.74, 6) is 0.638. The maximum absolute atomic E-state index is 12.4. The van der Waals surface area contributed by atoms with E-state index in [9.17, 15) is 4.79 Å². The van der Waals surface area contributed by atoms with E-state index in [1.807, 2.05) is 54.8 Å². The van der Waals surface area contributed by atoms with Gasteiger partial charge in [-0.1, -0.05) is 36.4 Å². The smallest absolute Gasteiger partial charge is 0.259 e. The Morgan fingerprint density at radius 1 is 1.12 bits per heavy atom. The molecule has 2 N–H and O–H groups in total. The number of aromatic amines is 1. The number of rotatable bonds is 5. The lowest BCUT2D eigenvalue weighted by molar-refractivity contribution is 0.956. The largest absolute Gasteiger partial charge is 0.378 e. The Hall–Kier alpha value is -2.57. The molecule has 0 bridgehead atoms. The van der Waals surface area contributed by atoms with Crippen molar-refractivity contribution in [3.63, 3.8) is 0 Å². The SMILES string of the molecule is CSc1cccc(NCc2nc3sc(-c4ccccc4)cc3c(=O)[nH]2)c1. The number of hydrogen-bond acceptors (Lipinski definition) is 5. The highest BCUT2D eigenvalue weighted by molar-refractivity contribution is 7.98. The second-order valence-corrected chi connectivity index (χ2v) is 7.70. The average Bonchev–Trinajstić information content (AvgIpc) is 3.12. The Morgan fingerprint density at radius 2 is 1.96 bits per heavy atom. The molecule has 0 saturated carbocycles. The van der Waals surface area contributed by atoms with Crippen molar-refractivity contribution in [3.8, 4) is 10.4 Å². The van der Waals surface area contributed by atoms with E-state index in [1.165, 1.54) is 4.90 Å². The van der Waals surface area contributed by atoms with Crippen LogP contribution in [0.2, 0.25) is 0 Å². The standard InChI is InChI=1S/C20H17N3OS2/c1-25-15-9-5-8-14(10-15)21-12-18-22-19(24)16-11-17(26-20(16)23-18)13-6-3-2-4-7-13/h2-11,21H,12H2,1H3,(H,22,23,24). The summed E-state index contributed by atoms with van der Waals surface area (Å²) in [4.78, 5) is 23.0. The van der Waals surface area contributed by atoms with Crippen molar-refractivity contribution in [2.45, 2.75) is 11.4 Å². The van der Waals surface area contributed by atoms with Gasteiger partial charge in [0.25, 0.3) is 5.56 Å². The molecule has 0 aliphatic carbocycles. The fraction of sp³-hybridized carbons (Fsp3) is 0.100. The Kier molecular flexibility index (Phi) is 4.77. The number of thioether (sulfide) groups is 1. The van der Waals surface area contributed by atoms with Crippen LogP contribution in [-0.4, -0.2) is 16.2 Å². The number of nitrogens with one attached hydrogen (secondary N) is 2. The number of thiophene rings is 1. The number of H-pyrrole nitrogens is 1. The Morgan fingerprint density at radius 3 is 2.77 bits per heavy atom. The molecule has 6 heteroatoms. The van der Waals surface area contributed by atoms with Crippen LogP contribution in [0.3, 0.4) is 0 Å². The van der Waals surface area contributed by atoms with Crippen molar-refractivity contribution in [1.29, 1.82) is 0 Å². The lowest BCUT2D eigenvalue weighted by Gasteiger charge is -2.07.